The minimum Gasteiger partial charge on any atom is -0.387 e. The molecule has 0 bridgehead atoms. The summed E-state index contributed by atoms with van der Waals surface area (Å²) >= 11 is 0. The molecule has 2 aliphatic rings. The number of benzene rings is 1. The van der Waals surface area contributed by atoms with E-state index in [1.165, 1.54) is 22.4 Å². The van der Waals surface area contributed by atoms with E-state index in [4.69, 9.17) is 11.0 Å². The Labute approximate surface area is 137 Å². The lowest BCUT2D eigenvalue weighted by molar-refractivity contribution is 0.826. The van der Waals surface area contributed by atoms with E-state index >= 15 is 0 Å². The molecule has 0 aromatic heterocycles. The molecule has 1 aromatic rings. The van der Waals surface area contributed by atoms with Crippen LogP contribution < -0.4 is 16.4 Å². The van der Waals surface area contributed by atoms with Crippen LogP contribution in [0.25, 0.3) is 6.08 Å². The van der Waals surface area contributed by atoms with Gasteiger partial charge in [-0.25, -0.2) is 0 Å². The van der Waals surface area contributed by atoms with E-state index in [-0.39, 0.29) is 5.92 Å². The Balaban J connectivity index is 1.94. The average molecular weight is 306 g/mol. The van der Waals surface area contributed by atoms with Crippen LogP contribution in [0.4, 0.5) is 5.69 Å². The van der Waals surface area contributed by atoms with Crippen LogP contribution in [0.5, 0.6) is 0 Å². The Bertz CT molecular complexity index is 707. The van der Waals surface area contributed by atoms with E-state index in [1.807, 2.05) is 12.3 Å². The highest BCUT2D eigenvalue weighted by Crippen LogP contribution is 2.33. The summed E-state index contributed by atoms with van der Waals surface area (Å²) in [6.07, 6.45) is 12.1. The second-order valence-corrected chi connectivity index (χ2v) is 5.90. The fraction of sp³-hybridized carbons (Fsp3) is 0.316. The lowest BCUT2D eigenvalue weighted by Crippen LogP contribution is -2.16. The van der Waals surface area contributed by atoms with Crippen molar-refractivity contribution in [3.8, 4) is 6.07 Å². The molecule has 1 heterocycles. The summed E-state index contributed by atoms with van der Waals surface area (Å²) in [6, 6.07) is 6.72. The first-order valence-corrected chi connectivity index (χ1v) is 8.11. The second-order valence-electron chi connectivity index (χ2n) is 5.90. The molecule has 0 fully saturated rings. The van der Waals surface area contributed by atoms with E-state index < -0.39 is 0 Å². The smallest absolute Gasteiger partial charge is 0.0988 e. The van der Waals surface area contributed by atoms with Crippen molar-refractivity contribution in [3.63, 3.8) is 0 Å². The van der Waals surface area contributed by atoms with Crippen LogP contribution in [0.3, 0.4) is 0 Å². The maximum absolute atomic E-state index is 9.13. The number of nitrogens with two attached hydrogens (primary N) is 1. The van der Waals surface area contributed by atoms with Gasteiger partial charge < -0.3 is 16.4 Å². The third kappa shape index (κ3) is 3.46. The lowest BCUT2D eigenvalue weighted by atomic mass is 9.87. The van der Waals surface area contributed by atoms with Gasteiger partial charge in [0, 0.05) is 35.8 Å². The van der Waals surface area contributed by atoms with Crippen molar-refractivity contribution >= 4 is 11.8 Å². The summed E-state index contributed by atoms with van der Waals surface area (Å²) in [6.45, 7) is 2.40. The van der Waals surface area contributed by atoms with E-state index in [0.29, 0.717) is 6.54 Å². The van der Waals surface area contributed by atoms with Crippen molar-refractivity contribution in [3.05, 3.63) is 58.8 Å². The first-order valence-electron chi connectivity index (χ1n) is 8.11. The zero-order valence-electron chi connectivity index (χ0n) is 13.2. The molecule has 0 radical (unpaired) electrons. The quantitative estimate of drug-likeness (QED) is 0.731. The topological polar surface area (TPSA) is 73.9 Å². The highest BCUT2D eigenvalue weighted by Gasteiger charge is 2.17. The van der Waals surface area contributed by atoms with Crippen LogP contribution in [0, 0.1) is 11.3 Å². The van der Waals surface area contributed by atoms with Crippen molar-refractivity contribution < 1.29 is 0 Å². The maximum atomic E-state index is 9.13. The second kappa shape index (κ2) is 7.17. The zero-order chi connectivity index (χ0) is 16.1. The van der Waals surface area contributed by atoms with Crippen molar-refractivity contribution in [1.82, 2.24) is 5.32 Å². The predicted octanol–water partition coefficient (Wildman–Crippen LogP) is 3.01. The molecule has 4 nitrogen and oxygen atoms in total. The molecule has 0 amide bonds. The van der Waals surface area contributed by atoms with Gasteiger partial charge in [0.15, 0.2) is 0 Å². The van der Waals surface area contributed by atoms with Crippen LogP contribution in [-0.4, -0.2) is 13.1 Å². The van der Waals surface area contributed by atoms with Gasteiger partial charge in [-0.15, -0.1) is 0 Å². The van der Waals surface area contributed by atoms with Gasteiger partial charge in [0.1, 0.15) is 0 Å². The molecule has 1 unspecified atom stereocenters. The normalized spacial score (nSPS) is 18.6. The molecule has 1 aliphatic heterocycles. The first-order chi connectivity index (χ1) is 11.3. The molecule has 118 valence electrons. The summed E-state index contributed by atoms with van der Waals surface area (Å²) in [5, 5.41) is 15.9. The largest absolute Gasteiger partial charge is 0.387 e. The summed E-state index contributed by atoms with van der Waals surface area (Å²) in [4.78, 5) is 0. The van der Waals surface area contributed by atoms with Crippen LogP contribution in [-0.2, 0) is 6.54 Å². The molecule has 0 saturated carbocycles. The van der Waals surface area contributed by atoms with Crippen LogP contribution in [0.2, 0.25) is 0 Å². The molecule has 0 saturated heterocycles. The van der Waals surface area contributed by atoms with Crippen LogP contribution in [0.1, 0.15) is 35.4 Å². The molecular formula is C19H22N4. The van der Waals surface area contributed by atoms with Crippen molar-refractivity contribution in [2.45, 2.75) is 25.3 Å². The fourth-order valence-corrected chi connectivity index (χ4v) is 3.06. The molecule has 1 atom stereocenters. The van der Waals surface area contributed by atoms with Gasteiger partial charge in [0.05, 0.1) is 6.07 Å². The van der Waals surface area contributed by atoms with Gasteiger partial charge in [-0.05, 0) is 54.9 Å². The fourth-order valence-electron chi connectivity index (χ4n) is 3.06. The molecule has 0 spiro atoms. The Morgan fingerprint density at radius 3 is 3.09 bits per heavy atom. The molecular weight excluding hydrogens is 284 g/mol. The van der Waals surface area contributed by atoms with E-state index in [1.54, 1.807) is 0 Å². The highest BCUT2D eigenvalue weighted by molar-refractivity contribution is 5.68. The number of allylic oxidation sites excluding steroid dienone is 4. The first kappa shape index (κ1) is 15.4. The van der Waals surface area contributed by atoms with E-state index in [9.17, 15) is 0 Å². The lowest BCUT2D eigenvalue weighted by Gasteiger charge is -2.23. The number of hydrogen-bond acceptors (Lipinski definition) is 4. The summed E-state index contributed by atoms with van der Waals surface area (Å²) in [7, 11) is 0. The summed E-state index contributed by atoms with van der Waals surface area (Å²) in [5.74, 6) is 0.262. The van der Waals surface area contributed by atoms with Crippen LogP contribution in [0.15, 0.2) is 42.1 Å². The van der Waals surface area contributed by atoms with Crippen LogP contribution >= 0.6 is 0 Å². The van der Waals surface area contributed by atoms with Gasteiger partial charge >= 0.3 is 0 Å². The third-order valence-electron chi connectivity index (χ3n) is 4.29. The molecule has 1 aliphatic carbocycles. The molecule has 3 rings (SSSR count). The van der Waals surface area contributed by atoms with Gasteiger partial charge in [0.2, 0.25) is 0 Å². The SMILES string of the molecule is N#CC1=CC(c2cc3c(c(NCCCN)c2)CNC=C3)CC=C1. The van der Waals surface area contributed by atoms with Gasteiger partial charge in [0.25, 0.3) is 0 Å². The minimum absolute atomic E-state index is 0.262. The van der Waals surface area contributed by atoms with Gasteiger partial charge in [-0.2, -0.15) is 5.26 Å². The predicted molar refractivity (Wildman–Crippen MR) is 94.7 cm³/mol. The number of nitrogens with zero attached hydrogens (tertiary/aromatic N) is 1. The Hall–Kier alpha value is -2.51. The number of nitrogens with one attached hydrogen (secondary N) is 2. The van der Waals surface area contributed by atoms with E-state index in [0.717, 1.165) is 31.5 Å². The highest BCUT2D eigenvalue weighted by atomic mass is 14.9. The third-order valence-corrected chi connectivity index (χ3v) is 4.29. The number of rotatable bonds is 5. The van der Waals surface area contributed by atoms with Gasteiger partial charge in [-0.1, -0.05) is 18.2 Å². The molecule has 4 heteroatoms. The average Bonchev–Trinajstić information content (AvgIpc) is 2.61. The standard InChI is InChI=1S/C19H22N4/c20-6-2-7-23-19-11-17(10-16-5-8-22-13-18(16)19)15-4-1-3-14(9-15)12-21/h1,3,5,8-11,15,22-23H,2,4,6-7,13,20H2. The Morgan fingerprint density at radius 1 is 1.35 bits per heavy atom. The molecule has 4 N–H and O–H groups in total. The van der Waals surface area contributed by atoms with E-state index in [2.05, 4.69) is 47.1 Å². The van der Waals surface area contributed by atoms with Crippen molar-refractivity contribution in [2.24, 2.45) is 5.73 Å². The monoisotopic (exact) mass is 306 g/mol. The Kier molecular flexibility index (Phi) is 4.80. The number of nitriles is 1. The Morgan fingerprint density at radius 2 is 2.26 bits per heavy atom. The minimum atomic E-state index is 0.262. The molecule has 1 aromatic carbocycles. The number of hydrogen-bond donors (Lipinski definition) is 3. The summed E-state index contributed by atoms with van der Waals surface area (Å²) < 4.78 is 0. The zero-order valence-corrected chi connectivity index (χ0v) is 13.2. The van der Waals surface area contributed by atoms with Gasteiger partial charge in [-0.3, -0.25) is 0 Å². The maximum Gasteiger partial charge on any atom is 0.0988 e. The number of anilines is 1. The van der Waals surface area contributed by atoms with Crippen molar-refractivity contribution in [1.29, 1.82) is 5.26 Å². The number of fused-ring (bicyclic) bond motifs is 1. The summed E-state index contributed by atoms with van der Waals surface area (Å²) in [5.41, 5.74) is 11.3. The van der Waals surface area contributed by atoms with Crippen molar-refractivity contribution in [2.75, 3.05) is 18.4 Å². The molecule has 23 heavy (non-hydrogen) atoms.